The number of imidazole rings is 1. The van der Waals surface area contributed by atoms with Crippen molar-refractivity contribution >= 4 is 17.8 Å². The minimum absolute atomic E-state index is 0.162. The van der Waals surface area contributed by atoms with Gasteiger partial charge in [-0.25, -0.2) is 9.37 Å². The van der Waals surface area contributed by atoms with Gasteiger partial charge in [0.25, 0.3) is 5.91 Å². The van der Waals surface area contributed by atoms with Crippen LogP contribution in [0.15, 0.2) is 79.0 Å². The van der Waals surface area contributed by atoms with Gasteiger partial charge in [0.1, 0.15) is 18.1 Å². The lowest BCUT2D eigenvalue weighted by Gasteiger charge is -2.25. The number of hydrogen-bond acceptors (Lipinski definition) is 5. The summed E-state index contributed by atoms with van der Waals surface area (Å²) in [6, 6.07) is 20.9. The summed E-state index contributed by atoms with van der Waals surface area (Å²) in [7, 11) is 1.61. The molecule has 1 fully saturated rings. The Morgan fingerprint density at radius 2 is 1.79 bits per heavy atom. The van der Waals surface area contributed by atoms with Gasteiger partial charge in [-0.05, 0) is 85.0 Å². The number of rotatable bonds is 10. The first-order chi connectivity index (χ1) is 20.3. The lowest BCUT2D eigenvalue weighted by Crippen LogP contribution is -2.42. The van der Waals surface area contributed by atoms with E-state index >= 15 is 0 Å². The highest BCUT2D eigenvalue weighted by Gasteiger charge is 2.26. The Morgan fingerprint density at radius 3 is 2.40 bits per heavy atom. The van der Waals surface area contributed by atoms with Crippen molar-refractivity contribution in [2.45, 2.75) is 38.7 Å². The third-order valence-corrected chi connectivity index (χ3v) is 7.34. The van der Waals surface area contributed by atoms with E-state index in [2.05, 4.69) is 31.3 Å². The number of ether oxygens (including phenoxy) is 2. The number of nitrogens with zero attached hydrogens (tertiary/aromatic N) is 3. The Morgan fingerprint density at radius 1 is 1.07 bits per heavy atom. The molecule has 1 aliphatic heterocycles. The molecule has 4 aromatic rings. The van der Waals surface area contributed by atoms with Gasteiger partial charge in [0.05, 0.1) is 18.9 Å². The van der Waals surface area contributed by atoms with Crippen molar-refractivity contribution in [1.82, 2.24) is 14.5 Å². The molecular weight excluding hydrogens is 535 g/mol. The first kappa shape index (κ1) is 29.0. The van der Waals surface area contributed by atoms with E-state index in [0.717, 1.165) is 29.8 Å². The molecule has 1 atom stereocenters. The fourth-order valence-corrected chi connectivity index (χ4v) is 4.95. The van der Waals surface area contributed by atoms with Crippen LogP contribution in [0.3, 0.4) is 0 Å². The van der Waals surface area contributed by atoms with E-state index in [4.69, 9.17) is 14.5 Å². The molecule has 1 aliphatic rings. The zero-order valence-corrected chi connectivity index (χ0v) is 24.0. The van der Waals surface area contributed by atoms with Crippen LogP contribution in [-0.2, 0) is 9.53 Å². The number of benzene rings is 3. The average molecular weight is 571 g/mol. The second-order valence-corrected chi connectivity index (χ2v) is 10.7. The van der Waals surface area contributed by atoms with Crippen molar-refractivity contribution in [1.29, 1.82) is 0 Å². The maximum Gasteiger partial charge on any atom is 0.254 e. The van der Waals surface area contributed by atoms with Crippen LogP contribution in [0.2, 0.25) is 0 Å². The Kier molecular flexibility index (Phi) is 8.97. The summed E-state index contributed by atoms with van der Waals surface area (Å²) >= 11 is 0. The van der Waals surface area contributed by atoms with E-state index in [0.29, 0.717) is 29.7 Å². The second kappa shape index (κ2) is 13.0. The van der Waals surface area contributed by atoms with E-state index in [-0.39, 0.29) is 25.1 Å². The molecule has 1 aromatic heterocycles. The molecule has 3 aromatic carbocycles. The molecule has 9 heteroatoms. The lowest BCUT2D eigenvalue weighted by molar-refractivity contribution is -0.117. The topological polar surface area (TPSA) is 85.7 Å². The summed E-state index contributed by atoms with van der Waals surface area (Å²) in [5.74, 6) is 0.227. The minimum atomic E-state index is -0.434. The number of anilines is 1. The van der Waals surface area contributed by atoms with E-state index in [1.807, 2.05) is 47.2 Å². The van der Waals surface area contributed by atoms with E-state index in [1.165, 1.54) is 34.7 Å². The first-order valence-corrected chi connectivity index (χ1v) is 14.1. The summed E-state index contributed by atoms with van der Waals surface area (Å²) < 4.78 is 26.4. The smallest absolute Gasteiger partial charge is 0.254 e. The Labute approximate surface area is 245 Å². The lowest BCUT2D eigenvalue weighted by atomic mass is 10.0. The monoisotopic (exact) mass is 570 g/mol. The minimum Gasteiger partial charge on any atom is -0.497 e. The Bertz CT molecular complexity index is 1510. The molecule has 2 amide bonds. The molecule has 218 valence electrons. The van der Waals surface area contributed by atoms with Crippen LogP contribution in [0.4, 0.5) is 10.3 Å². The number of carbonyl (C=O) groups excluding carboxylic acids is 2. The summed E-state index contributed by atoms with van der Waals surface area (Å²) in [4.78, 5) is 33.1. The molecule has 2 heterocycles. The quantitative estimate of drug-likeness (QED) is 0.250. The standard InChI is InChI=1S/C33H35FN4O4/c1-22(2)23-8-14-27(15-9-23)38-20-30(24-10-16-28(41-3)17-11-24)35-33(38)36-31(39)21-37(19-29-5-4-18-42-29)32(40)25-6-12-26(34)13-7-25/h6-17,20,22,29H,4-5,18-19,21H2,1-3H3,(H,35,36,39). The molecule has 42 heavy (non-hydrogen) atoms. The number of hydrogen-bond donors (Lipinski definition) is 1. The molecule has 0 radical (unpaired) electrons. The van der Waals surface area contributed by atoms with Gasteiger partial charge in [-0.15, -0.1) is 0 Å². The van der Waals surface area contributed by atoms with Crippen molar-refractivity contribution in [3.63, 3.8) is 0 Å². The SMILES string of the molecule is COc1ccc(-c2cn(-c3ccc(C(C)C)cc3)c(NC(=O)CN(CC3CCCO3)C(=O)c3ccc(F)cc3)n2)cc1. The number of carbonyl (C=O) groups is 2. The van der Waals surface area contributed by atoms with Crippen molar-refractivity contribution < 1.29 is 23.5 Å². The Balaban J connectivity index is 1.42. The molecule has 1 unspecified atom stereocenters. The predicted molar refractivity (Wildman–Crippen MR) is 160 cm³/mol. The number of amides is 2. The maximum absolute atomic E-state index is 13.5. The molecular formula is C33H35FN4O4. The van der Waals surface area contributed by atoms with Crippen LogP contribution < -0.4 is 10.1 Å². The van der Waals surface area contributed by atoms with Gasteiger partial charge in [0, 0.05) is 36.2 Å². The third kappa shape index (κ3) is 6.86. The summed E-state index contributed by atoms with van der Waals surface area (Å²) in [5.41, 5.74) is 3.86. The zero-order valence-electron chi connectivity index (χ0n) is 24.0. The molecule has 0 aliphatic carbocycles. The zero-order chi connectivity index (χ0) is 29.6. The fourth-order valence-electron chi connectivity index (χ4n) is 4.95. The van der Waals surface area contributed by atoms with Crippen LogP contribution in [0.5, 0.6) is 5.75 Å². The number of aromatic nitrogens is 2. The van der Waals surface area contributed by atoms with Gasteiger partial charge >= 0.3 is 0 Å². The van der Waals surface area contributed by atoms with Gasteiger partial charge in [0.15, 0.2) is 0 Å². The normalized spacial score (nSPS) is 14.6. The number of halogens is 1. The van der Waals surface area contributed by atoms with Crippen LogP contribution >= 0.6 is 0 Å². The molecule has 1 saturated heterocycles. The van der Waals surface area contributed by atoms with E-state index in [9.17, 15) is 14.0 Å². The van der Waals surface area contributed by atoms with Crippen molar-refractivity contribution in [3.8, 4) is 22.7 Å². The van der Waals surface area contributed by atoms with Gasteiger partial charge in [0.2, 0.25) is 11.9 Å². The van der Waals surface area contributed by atoms with Crippen LogP contribution in [0.1, 0.15) is 48.5 Å². The molecule has 0 saturated carbocycles. The highest BCUT2D eigenvalue weighted by atomic mass is 19.1. The fraction of sp³-hybridized carbons (Fsp3) is 0.303. The van der Waals surface area contributed by atoms with Gasteiger partial charge in [-0.3, -0.25) is 19.5 Å². The first-order valence-electron chi connectivity index (χ1n) is 14.1. The second-order valence-electron chi connectivity index (χ2n) is 10.7. The average Bonchev–Trinajstić information content (AvgIpc) is 3.67. The van der Waals surface area contributed by atoms with Crippen molar-refractivity contribution in [2.24, 2.45) is 0 Å². The van der Waals surface area contributed by atoms with Gasteiger partial charge in [-0.1, -0.05) is 26.0 Å². The maximum atomic E-state index is 13.5. The third-order valence-electron chi connectivity index (χ3n) is 7.34. The van der Waals surface area contributed by atoms with Gasteiger partial charge < -0.3 is 14.4 Å². The van der Waals surface area contributed by atoms with E-state index in [1.54, 1.807) is 7.11 Å². The van der Waals surface area contributed by atoms with Crippen molar-refractivity contribution in [3.05, 3.63) is 95.9 Å². The van der Waals surface area contributed by atoms with Crippen LogP contribution in [-0.4, -0.2) is 59.2 Å². The van der Waals surface area contributed by atoms with Crippen molar-refractivity contribution in [2.75, 3.05) is 32.1 Å². The van der Waals surface area contributed by atoms with Crippen LogP contribution in [0.25, 0.3) is 16.9 Å². The van der Waals surface area contributed by atoms with Crippen LogP contribution in [0, 0.1) is 5.82 Å². The highest BCUT2D eigenvalue weighted by molar-refractivity contribution is 5.99. The highest BCUT2D eigenvalue weighted by Crippen LogP contribution is 2.27. The largest absolute Gasteiger partial charge is 0.497 e. The molecule has 0 bridgehead atoms. The van der Waals surface area contributed by atoms with E-state index < -0.39 is 11.7 Å². The number of methoxy groups -OCH3 is 1. The Hall–Kier alpha value is -4.50. The molecule has 0 spiro atoms. The predicted octanol–water partition coefficient (Wildman–Crippen LogP) is 6.07. The molecule has 1 N–H and O–H groups in total. The summed E-state index contributed by atoms with van der Waals surface area (Å²) in [5, 5.41) is 2.92. The summed E-state index contributed by atoms with van der Waals surface area (Å²) in [6.45, 7) is 4.93. The summed E-state index contributed by atoms with van der Waals surface area (Å²) in [6.07, 6.45) is 3.41. The molecule has 8 nitrogen and oxygen atoms in total. The van der Waals surface area contributed by atoms with Gasteiger partial charge in [-0.2, -0.15) is 0 Å². The number of nitrogens with one attached hydrogen (secondary N) is 1. The molecule has 5 rings (SSSR count).